The number of amides is 1. The number of nitrogens with one attached hydrogen (secondary N) is 1. The second-order valence-corrected chi connectivity index (χ2v) is 7.06. The number of benzene rings is 2. The summed E-state index contributed by atoms with van der Waals surface area (Å²) in [4.78, 5) is 14.5. The molecule has 2 aromatic rings. The topological polar surface area (TPSA) is 50.8 Å². The van der Waals surface area contributed by atoms with Crippen LogP contribution in [0.15, 0.2) is 48.5 Å². The maximum atomic E-state index is 12.4. The van der Waals surface area contributed by atoms with E-state index in [1.807, 2.05) is 36.4 Å². The van der Waals surface area contributed by atoms with Crippen LogP contribution < -0.4 is 14.8 Å². The van der Waals surface area contributed by atoms with Crippen molar-refractivity contribution in [3.05, 3.63) is 59.7 Å². The van der Waals surface area contributed by atoms with Crippen molar-refractivity contribution in [1.82, 2.24) is 10.2 Å². The third-order valence-corrected chi connectivity index (χ3v) is 4.65. The largest absolute Gasteiger partial charge is 0.486 e. The highest BCUT2D eigenvalue weighted by Crippen LogP contribution is 2.30. The first kappa shape index (κ1) is 19.2. The molecule has 0 bridgehead atoms. The molecule has 0 fully saturated rings. The van der Waals surface area contributed by atoms with Crippen LogP contribution in [0.1, 0.15) is 25.0 Å². The van der Waals surface area contributed by atoms with Gasteiger partial charge < -0.3 is 14.8 Å². The summed E-state index contributed by atoms with van der Waals surface area (Å²) in [7, 11) is 0. The quantitative estimate of drug-likeness (QED) is 0.778. The van der Waals surface area contributed by atoms with Crippen LogP contribution in [0, 0.1) is 0 Å². The number of fused-ring (bicyclic) bond motifs is 1. The van der Waals surface area contributed by atoms with Gasteiger partial charge in [0.25, 0.3) is 0 Å². The van der Waals surface area contributed by atoms with Crippen LogP contribution in [0.2, 0.25) is 0 Å². The van der Waals surface area contributed by atoms with E-state index < -0.39 is 0 Å². The molecule has 0 saturated carbocycles. The molecule has 0 aliphatic carbocycles. The van der Waals surface area contributed by atoms with E-state index in [4.69, 9.17) is 9.47 Å². The zero-order valence-corrected chi connectivity index (χ0v) is 16.1. The molecule has 0 spiro atoms. The Morgan fingerprint density at radius 2 is 1.78 bits per heavy atom. The fourth-order valence-corrected chi connectivity index (χ4v) is 3.07. The maximum absolute atomic E-state index is 12.4. The fourth-order valence-electron chi connectivity index (χ4n) is 3.07. The minimum atomic E-state index is 0.0529. The molecule has 1 amide bonds. The summed E-state index contributed by atoms with van der Waals surface area (Å²) < 4.78 is 11.1. The van der Waals surface area contributed by atoms with Gasteiger partial charge in [0.1, 0.15) is 13.2 Å². The predicted molar refractivity (Wildman–Crippen MR) is 106 cm³/mol. The van der Waals surface area contributed by atoms with Crippen molar-refractivity contribution in [2.45, 2.75) is 32.9 Å². The number of carbonyl (C=O) groups excluding carboxylic acids is 1. The van der Waals surface area contributed by atoms with Crippen LogP contribution >= 0.6 is 0 Å². The van der Waals surface area contributed by atoms with Crippen molar-refractivity contribution in [1.29, 1.82) is 0 Å². The maximum Gasteiger partial charge on any atom is 0.234 e. The van der Waals surface area contributed by atoms with Gasteiger partial charge >= 0.3 is 0 Å². The van der Waals surface area contributed by atoms with E-state index in [-0.39, 0.29) is 5.91 Å². The molecule has 1 aliphatic rings. The zero-order chi connectivity index (χ0) is 19.1. The normalized spacial score (nSPS) is 13.0. The highest BCUT2D eigenvalue weighted by molar-refractivity contribution is 5.78. The van der Waals surface area contributed by atoms with E-state index in [9.17, 15) is 4.79 Å². The lowest BCUT2D eigenvalue weighted by atomic mass is 10.1. The van der Waals surface area contributed by atoms with E-state index in [0.717, 1.165) is 30.0 Å². The van der Waals surface area contributed by atoms with Gasteiger partial charge in [-0.3, -0.25) is 9.69 Å². The minimum Gasteiger partial charge on any atom is -0.486 e. The van der Waals surface area contributed by atoms with Gasteiger partial charge in [-0.1, -0.05) is 36.4 Å². The number of hydrogen-bond acceptors (Lipinski definition) is 4. The molecule has 144 valence electrons. The van der Waals surface area contributed by atoms with E-state index in [0.29, 0.717) is 32.3 Å². The van der Waals surface area contributed by atoms with E-state index in [1.54, 1.807) is 0 Å². The second-order valence-electron chi connectivity index (χ2n) is 7.06. The van der Waals surface area contributed by atoms with Gasteiger partial charge in [-0.15, -0.1) is 0 Å². The molecule has 5 heteroatoms. The van der Waals surface area contributed by atoms with Gasteiger partial charge in [0.2, 0.25) is 5.91 Å². The van der Waals surface area contributed by atoms with Gasteiger partial charge in [-0.05, 0) is 43.5 Å². The highest BCUT2D eigenvalue weighted by Gasteiger charge is 2.15. The number of hydrogen-bond donors (Lipinski definition) is 1. The summed E-state index contributed by atoms with van der Waals surface area (Å²) in [5.41, 5.74) is 2.35. The predicted octanol–water partition coefficient (Wildman–Crippen LogP) is 3.03. The minimum absolute atomic E-state index is 0.0529. The Bertz CT molecular complexity index is 746. The van der Waals surface area contributed by atoms with E-state index >= 15 is 0 Å². The lowest BCUT2D eigenvalue weighted by Crippen LogP contribution is -2.40. The Kier molecular flexibility index (Phi) is 6.71. The SMILES string of the molecule is CC(C)N(CC(=O)NCCc1ccc2c(c1)OCCO2)Cc1ccccc1. The van der Waals surface area contributed by atoms with Crippen LogP contribution in [0.5, 0.6) is 11.5 Å². The van der Waals surface area contributed by atoms with Crippen LogP contribution in [-0.4, -0.2) is 43.2 Å². The third kappa shape index (κ3) is 5.73. The van der Waals surface area contributed by atoms with Crippen LogP contribution in [0.3, 0.4) is 0 Å². The van der Waals surface area contributed by atoms with Gasteiger partial charge in [0, 0.05) is 19.1 Å². The molecule has 27 heavy (non-hydrogen) atoms. The Balaban J connectivity index is 1.46. The highest BCUT2D eigenvalue weighted by atomic mass is 16.6. The van der Waals surface area contributed by atoms with Crippen molar-refractivity contribution >= 4 is 5.91 Å². The summed E-state index contributed by atoms with van der Waals surface area (Å²) in [6.07, 6.45) is 0.767. The first-order chi connectivity index (χ1) is 13.1. The molecule has 0 aromatic heterocycles. The molecular weight excluding hydrogens is 340 g/mol. The summed E-state index contributed by atoms with van der Waals surface area (Å²) in [6.45, 7) is 7.19. The summed E-state index contributed by atoms with van der Waals surface area (Å²) >= 11 is 0. The first-order valence-corrected chi connectivity index (χ1v) is 9.55. The van der Waals surface area contributed by atoms with Gasteiger partial charge in [0.15, 0.2) is 11.5 Å². The Morgan fingerprint density at radius 1 is 1.04 bits per heavy atom. The molecule has 1 aliphatic heterocycles. The molecule has 1 N–H and O–H groups in total. The summed E-state index contributed by atoms with van der Waals surface area (Å²) in [5, 5.41) is 3.03. The number of ether oxygens (including phenoxy) is 2. The molecular formula is C22H28N2O3. The van der Waals surface area contributed by atoms with Crippen molar-refractivity contribution in [3.8, 4) is 11.5 Å². The molecule has 1 heterocycles. The van der Waals surface area contributed by atoms with Crippen molar-refractivity contribution in [3.63, 3.8) is 0 Å². The third-order valence-electron chi connectivity index (χ3n) is 4.65. The number of carbonyl (C=O) groups is 1. The van der Waals surface area contributed by atoms with Gasteiger partial charge in [-0.2, -0.15) is 0 Å². The summed E-state index contributed by atoms with van der Waals surface area (Å²) in [6, 6.07) is 16.5. The van der Waals surface area contributed by atoms with Crippen molar-refractivity contribution < 1.29 is 14.3 Å². The number of rotatable bonds is 8. The zero-order valence-electron chi connectivity index (χ0n) is 16.1. The molecule has 3 rings (SSSR count). The second kappa shape index (κ2) is 9.42. The molecule has 0 radical (unpaired) electrons. The van der Waals surface area contributed by atoms with Crippen molar-refractivity contribution in [2.75, 3.05) is 26.3 Å². The summed E-state index contributed by atoms with van der Waals surface area (Å²) in [5.74, 6) is 1.64. The van der Waals surface area contributed by atoms with Gasteiger partial charge in [-0.25, -0.2) is 0 Å². The van der Waals surface area contributed by atoms with Crippen LogP contribution in [0.4, 0.5) is 0 Å². The van der Waals surface area contributed by atoms with E-state index in [1.165, 1.54) is 5.56 Å². The molecule has 5 nitrogen and oxygen atoms in total. The Labute approximate surface area is 161 Å². The lowest BCUT2D eigenvalue weighted by Gasteiger charge is -2.26. The molecule has 0 unspecified atom stereocenters. The van der Waals surface area contributed by atoms with E-state index in [2.05, 4.69) is 36.2 Å². The Hall–Kier alpha value is -2.53. The average molecular weight is 368 g/mol. The number of nitrogens with zero attached hydrogens (tertiary/aromatic N) is 1. The smallest absolute Gasteiger partial charge is 0.234 e. The fraction of sp³-hybridized carbons (Fsp3) is 0.409. The monoisotopic (exact) mass is 368 g/mol. The molecule has 0 atom stereocenters. The molecule has 0 saturated heterocycles. The van der Waals surface area contributed by atoms with Crippen LogP contribution in [0.25, 0.3) is 0 Å². The standard InChI is InChI=1S/C22H28N2O3/c1-17(2)24(15-19-6-4-3-5-7-19)16-22(25)23-11-10-18-8-9-20-21(14-18)27-13-12-26-20/h3-9,14,17H,10-13,15-16H2,1-2H3,(H,23,25). The Morgan fingerprint density at radius 3 is 2.52 bits per heavy atom. The van der Waals surface area contributed by atoms with Crippen LogP contribution in [-0.2, 0) is 17.8 Å². The first-order valence-electron chi connectivity index (χ1n) is 9.55. The molecule has 2 aromatic carbocycles. The lowest BCUT2D eigenvalue weighted by molar-refractivity contribution is -0.122. The van der Waals surface area contributed by atoms with Gasteiger partial charge in [0.05, 0.1) is 6.54 Å². The average Bonchev–Trinajstić information content (AvgIpc) is 2.68. The van der Waals surface area contributed by atoms with Crippen molar-refractivity contribution in [2.24, 2.45) is 0 Å².